The molecule has 3 heteroatoms. The minimum absolute atomic E-state index is 0.140. The fraction of sp³-hybridized carbons (Fsp3) is 0.667. The van der Waals surface area contributed by atoms with Gasteiger partial charge >= 0.3 is 5.97 Å². The molecule has 70 valence electrons. The van der Waals surface area contributed by atoms with E-state index in [4.69, 9.17) is 9.47 Å². The average Bonchev–Trinajstić information content (AvgIpc) is 2.04. The zero-order valence-electron chi connectivity index (χ0n) is 7.71. The molecule has 0 aliphatic rings. The van der Waals surface area contributed by atoms with Crippen molar-refractivity contribution in [1.82, 2.24) is 0 Å². The number of carbonyl (C=O) groups excluding carboxylic acids is 1. The van der Waals surface area contributed by atoms with Crippen molar-refractivity contribution in [3.63, 3.8) is 0 Å². The van der Waals surface area contributed by atoms with Crippen molar-refractivity contribution in [2.45, 2.75) is 25.9 Å². The number of methoxy groups -OCH3 is 1. The van der Waals surface area contributed by atoms with E-state index in [-0.39, 0.29) is 18.5 Å². The fourth-order valence-electron chi connectivity index (χ4n) is 0.633. The van der Waals surface area contributed by atoms with E-state index in [0.29, 0.717) is 6.61 Å². The molecule has 0 aromatic heterocycles. The van der Waals surface area contributed by atoms with Gasteiger partial charge in [-0.1, -0.05) is 6.08 Å². The van der Waals surface area contributed by atoms with Crippen LogP contribution >= 0.6 is 0 Å². The lowest BCUT2D eigenvalue weighted by Gasteiger charge is -2.08. The van der Waals surface area contributed by atoms with Gasteiger partial charge in [0, 0.05) is 13.5 Å². The van der Waals surface area contributed by atoms with Crippen LogP contribution in [0.15, 0.2) is 12.7 Å². The Labute approximate surface area is 73.4 Å². The van der Waals surface area contributed by atoms with E-state index in [1.165, 1.54) is 6.08 Å². The summed E-state index contributed by atoms with van der Waals surface area (Å²) in [5.41, 5.74) is 0. The SMILES string of the molecule is C=CCC(=O)OCCC(C)OC. The minimum atomic E-state index is -0.228. The molecule has 1 atom stereocenters. The van der Waals surface area contributed by atoms with Crippen LogP contribution in [0, 0.1) is 0 Å². The molecule has 0 aromatic rings. The van der Waals surface area contributed by atoms with E-state index >= 15 is 0 Å². The maximum atomic E-state index is 10.8. The number of hydrogen-bond donors (Lipinski definition) is 0. The molecule has 1 unspecified atom stereocenters. The maximum Gasteiger partial charge on any atom is 0.309 e. The molecule has 0 N–H and O–H groups in total. The van der Waals surface area contributed by atoms with Crippen LogP contribution in [-0.2, 0) is 14.3 Å². The summed E-state index contributed by atoms with van der Waals surface area (Å²) in [7, 11) is 1.64. The van der Waals surface area contributed by atoms with Gasteiger partial charge in [-0.3, -0.25) is 4.79 Å². The van der Waals surface area contributed by atoms with Crippen molar-refractivity contribution < 1.29 is 14.3 Å². The lowest BCUT2D eigenvalue weighted by molar-refractivity contribution is -0.143. The highest BCUT2D eigenvalue weighted by molar-refractivity contribution is 5.70. The van der Waals surface area contributed by atoms with Crippen molar-refractivity contribution in [2.24, 2.45) is 0 Å². The molecule has 0 aromatic carbocycles. The summed E-state index contributed by atoms with van der Waals surface area (Å²) >= 11 is 0. The van der Waals surface area contributed by atoms with Crippen molar-refractivity contribution in [1.29, 1.82) is 0 Å². The van der Waals surface area contributed by atoms with E-state index in [0.717, 1.165) is 6.42 Å². The molecule has 3 nitrogen and oxygen atoms in total. The molecule has 0 heterocycles. The lowest BCUT2D eigenvalue weighted by atomic mass is 10.3. The van der Waals surface area contributed by atoms with Crippen LogP contribution in [0.2, 0.25) is 0 Å². The molecule has 0 saturated carbocycles. The predicted molar refractivity (Wildman–Crippen MR) is 46.9 cm³/mol. The summed E-state index contributed by atoms with van der Waals surface area (Å²) in [4.78, 5) is 10.8. The molecule has 0 bridgehead atoms. The summed E-state index contributed by atoms with van der Waals surface area (Å²) < 4.78 is 9.85. The summed E-state index contributed by atoms with van der Waals surface area (Å²) in [6.45, 7) is 5.78. The van der Waals surface area contributed by atoms with Crippen LogP contribution < -0.4 is 0 Å². The number of esters is 1. The summed E-state index contributed by atoms with van der Waals surface area (Å²) in [5.74, 6) is -0.228. The molecule has 0 aliphatic heterocycles. The molecular formula is C9H16O3. The Balaban J connectivity index is 3.30. The Hall–Kier alpha value is -0.830. The average molecular weight is 172 g/mol. The third-order valence-electron chi connectivity index (χ3n) is 1.50. The molecule has 12 heavy (non-hydrogen) atoms. The highest BCUT2D eigenvalue weighted by Gasteiger charge is 2.02. The Morgan fingerprint density at radius 3 is 2.83 bits per heavy atom. The van der Waals surface area contributed by atoms with Crippen LogP contribution in [-0.4, -0.2) is 25.8 Å². The molecule has 0 radical (unpaired) electrons. The first kappa shape index (κ1) is 11.2. The van der Waals surface area contributed by atoms with E-state index < -0.39 is 0 Å². The van der Waals surface area contributed by atoms with Gasteiger partial charge < -0.3 is 9.47 Å². The van der Waals surface area contributed by atoms with Crippen molar-refractivity contribution >= 4 is 5.97 Å². The van der Waals surface area contributed by atoms with Gasteiger partial charge in [-0.15, -0.1) is 6.58 Å². The van der Waals surface area contributed by atoms with Gasteiger partial charge in [0.1, 0.15) is 0 Å². The van der Waals surface area contributed by atoms with Gasteiger partial charge in [0.05, 0.1) is 19.1 Å². The minimum Gasteiger partial charge on any atom is -0.465 e. The number of rotatable bonds is 6. The number of hydrogen-bond acceptors (Lipinski definition) is 3. The second-order valence-corrected chi connectivity index (χ2v) is 2.55. The lowest BCUT2D eigenvalue weighted by Crippen LogP contribution is -2.11. The largest absolute Gasteiger partial charge is 0.465 e. The van der Waals surface area contributed by atoms with Gasteiger partial charge in [-0.05, 0) is 6.92 Å². The second-order valence-electron chi connectivity index (χ2n) is 2.55. The third-order valence-corrected chi connectivity index (χ3v) is 1.50. The predicted octanol–water partition coefficient (Wildman–Crippen LogP) is 1.53. The van der Waals surface area contributed by atoms with Gasteiger partial charge in [-0.2, -0.15) is 0 Å². The van der Waals surface area contributed by atoms with E-state index in [2.05, 4.69) is 6.58 Å². The van der Waals surface area contributed by atoms with E-state index in [1.54, 1.807) is 7.11 Å². The normalized spacial score (nSPS) is 12.2. The van der Waals surface area contributed by atoms with Crippen LogP contribution in [0.5, 0.6) is 0 Å². The molecule has 0 spiro atoms. The Kier molecular flexibility index (Phi) is 6.38. The van der Waals surface area contributed by atoms with Gasteiger partial charge in [0.15, 0.2) is 0 Å². The maximum absolute atomic E-state index is 10.8. The number of ether oxygens (including phenoxy) is 2. The first-order chi connectivity index (χ1) is 5.70. The Bertz CT molecular complexity index is 143. The van der Waals surface area contributed by atoms with Crippen LogP contribution in [0.1, 0.15) is 19.8 Å². The van der Waals surface area contributed by atoms with Gasteiger partial charge in [-0.25, -0.2) is 0 Å². The molecule has 0 aliphatic carbocycles. The third kappa shape index (κ3) is 5.92. The van der Waals surface area contributed by atoms with Crippen molar-refractivity contribution in [3.05, 3.63) is 12.7 Å². The highest BCUT2D eigenvalue weighted by Crippen LogP contribution is 1.96. The standard InChI is InChI=1S/C9H16O3/c1-4-5-9(10)12-7-6-8(2)11-3/h4,8H,1,5-7H2,2-3H3. The smallest absolute Gasteiger partial charge is 0.309 e. The zero-order valence-corrected chi connectivity index (χ0v) is 7.71. The van der Waals surface area contributed by atoms with E-state index in [9.17, 15) is 4.79 Å². The molecular weight excluding hydrogens is 156 g/mol. The summed E-state index contributed by atoms with van der Waals surface area (Å²) in [6, 6.07) is 0. The number of carbonyl (C=O) groups is 1. The first-order valence-corrected chi connectivity index (χ1v) is 4.00. The topological polar surface area (TPSA) is 35.5 Å². The van der Waals surface area contributed by atoms with Crippen LogP contribution in [0.4, 0.5) is 0 Å². The monoisotopic (exact) mass is 172 g/mol. The van der Waals surface area contributed by atoms with Crippen LogP contribution in [0.3, 0.4) is 0 Å². The van der Waals surface area contributed by atoms with E-state index in [1.807, 2.05) is 6.92 Å². The summed E-state index contributed by atoms with van der Waals surface area (Å²) in [6.07, 6.45) is 2.68. The Morgan fingerprint density at radius 2 is 2.33 bits per heavy atom. The molecule has 0 rings (SSSR count). The van der Waals surface area contributed by atoms with Crippen molar-refractivity contribution in [3.8, 4) is 0 Å². The van der Waals surface area contributed by atoms with Crippen molar-refractivity contribution in [2.75, 3.05) is 13.7 Å². The Morgan fingerprint density at radius 1 is 1.67 bits per heavy atom. The molecule has 0 saturated heterocycles. The first-order valence-electron chi connectivity index (χ1n) is 4.00. The fourth-order valence-corrected chi connectivity index (χ4v) is 0.633. The quantitative estimate of drug-likeness (QED) is 0.450. The van der Waals surface area contributed by atoms with Gasteiger partial charge in [0.2, 0.25) is 0 Å². The van der Waals surface area contributed by atoms with Crippen LogP contribution in [0.25, 0.3) is 0 Å². The van der Waals surface area contributed by atoms with Gasteiger partial charge in [0.25, 0.3) is 0 Å². The summed E-state index contributed by atoms with van der Waals surface area (Å²) in [5, 5.41) is 0. The molecule has 0 fully saturated rings. The zero-order chi connectivity index (χ0) is 9.40. The highest BCUT2D eigenvalue weighted by atomic mass is 16.5. The molecule has 0 amide bonds. The second kappa shape index (κ2) is 6.85.